The molecular formula is C13H24N4O2S. The molecule has 3 atom stereocenters. The maximum atomic E-state index is 12.8. The molecule has 1 saturated heterocycles. The maximum absolute atomic E-state index is 12.8. The summed E-state index contributed by atoms with van der Waals surface area (Å²) in [5.41, 5.74) is 5.79. The molecule has 7 heteroatoms. The van der Waals surface area contributed by atoms with E-state index in [-0.39, 0.29) is 16.8 Å². The molecule has 1 fully saturated rings. The highest BCUT2D eigenvalue weighted by molar-refractivity contribution is 7.89. The van der Waals surface area contributed by atoms with Crippen molar-refractivity contribution < 1.29 is 8.42 Å². The van der Waals surface area contributed by atoms with Gasteiger partial charge in [-0.25, -0.2) is 8.42 Å². The number of nitrogen functional groups attached to an aromatic ring is 1. The second-order valence-electron chi connectivity index (χ2n) is 5.87. The summed E-state index contributed by atoms with van der Waals surface area (Å²) in [7, 11) is -3.57. The first kappa shape index (κ1) is 15.3. The minimum absolute atomic E-state index is 0.0134. The summed E-state index contributed by atoms with van der Waals surface area (Å²) in [4.78, 5) is 0.132. The van der Waals surface area contributed by atoms with Crippen LogP contribution in [0, 0.1) is 11.8 Å². The van der Waals surface area contributed by atoms with E-state index in [2.05, 4.69) is 18.9 Å². The Balaban J connectivity index is 2.40. The quantitative estimate of drug-likeness (QED) is 0.918. The van der Waals surface area contributed by atoms with Gasteiger partial charge in [0.25, 0.3) is 0 Å². The summed E-state index contributed by atoms with van der Waals surface area (Å²) >= 11 is 0. The zero-order valence-electron chi connectivity index (χ0n) is 12.6. The van der Waals surface area contributed by atoms with Gasteiger partial charge in [-0.15, -0.1) is 0 Å². The fraction of sp³-hybridized carbons (Fsp3) is 0.769. The van der Waals surface area contributed by atoms with Crippen LogP contribution in [-0.2, 0) is 16.6 Å². The molecule has 20 heavy (non-hydrogen) atoms. The van der Waals surface area contributed by atoms with Gasteiger partial charge in [0.05, 0.1) is 0 Å². The topological polar surface area (TPSA) is 81.2 Å². The molecule has 6 nitrogen and oxygen atoms in total. The summed E-state index contributed by atoms with van der Waals surface area (Å²) in [6.45, 7) is 9.20. The monoisotopic (exact) mass is 300 g/mol. The SMILES string of the molecule is CCn1cc(S(=O)(=O)N2CC(C)CC(C)C2C)c(N)n1. The molecule has 0 amide bonds. The highest BCUT2D eigenvalue weighted by Crippen LogP contribution is 2.32. The molecule has 114 valence electrons. The Hall–Kier alpha value is -1.08. The fourth-order valence-corrected chi connectivity index (χ4v) is 4.79. The van der Waals surface area contributed by atoms with Crippen LogP contribution in [0.25, 0.3) is 0 Å². The minimum atomic E-state index is -3.57. The van der Waals surface area contributed by atoms with Gasteiger partial charge in [0.2, 0.25) is 10.0 Å². The van der Waals surface area contributed by atoms with Gasteiger partial charge in [0.15, 0.2) is 5.82 Å². The van der Waals surface area contributed by atoms with E-state index in [1.807, 2.05) is 13.8 Å². The average molecular weight is 300 g/mol. The third-order valence-corrected chi connectivity index (χ3v) is 6.18. The summed E-state index contributed by atoms with van der Waals surface area (Å²) in [6, 6.07) is -0.0134. The van der Waals surface area contributed by atoms with Crippen LogP contribution in [0.5, 0.6) is 0 Å². The normalized spacial score (nSPS) is 28.7. The predicted molar refractivity (Wildman–Crippen MR) is 78.6 cm³/mol. The molecule has 2 N–H and O–H groups in total. The third kappa shape index (κ3) is 2.56. The Morgan fingerprint density at radius 3 is 2.60 bits per heavy atom. The molecule has 1 aromatic rings. The Morgan fingerprint density at radius 2 is 2.05 bits per heavy atom. The van der Waals surface area contributed by atoms with Crippen molar-refractivity contribution in [2.75, 3.05) is 12.3 Å². The molecule has 0 bridgehead atoms. The number of piperidine rings is 1. The van der Waals surface area contributed by atoms with E-state index in [0.717, 1.165) is 6.42 Å². The molecule has 0 saturated carbocycles. The van der Waals surface area contributed by atoms with E-state index >= 15 is 0 Å². The van der Waals surface area contributed by atoms with E-state index < -0.39 is 10.0 Å². The van der Waals surface area contributed by atoms with Gasteiger partial charge in [0.1, 0.15) is 4.90 Å². The fourth-order valence-electron chi connectivity index (χ4n) is 2.89. The summed E-state index contributed by atoms with van der Waals surface area (Å²) in [5, 5.41) is 4.04. The minimum Gasteiger partial charge on any atom is -0.381 e. The van der Waals surface area contributed by atoms with Crippen LogP contribution < -0.4 is 5.73 Å². The van der Waals surface area contributed by atoms with Gasteiger partial charge >= 0.3 is 0 Å². The number of nitrogens with zero attached hydrogens (tertiary/aromatic N) is 3. The standard InChI is InChI=1S/C13H24N4O2S/c1-5-16-8-12(13(14)15-16)20(18,19)17-7-9(2)6-10(3)11(17)4/h8-11H,5-7H2,1-4H3,(H2,14,15). The molecule has 1 aliphatic heterocycles. The Bertz CT molecular complexity index is 581. The average Bonchev–Trinajstić information content (AvgIpc) is 2.75. The number of aromatic nitrogens is 2. The Morgan fingerprint density at radius 1 is 1.40 bits per heavy atom. The van der Waals surface area contributed by atoms with E-state index in [1.54, 1.807) is 8.99 Å². The van der Waals surface area contributed by atoms with Crippen LogP contribution in [-0.4, -0.2) is 35.1 Å². The van der Waals surface area contributed by atoms with Crippen LogP contribution in [0.2, 0.25) is 0 Å². The van der Waals surface area contributed by atoms with Crippen molar-refractivity contribution in [3.8, 4) is 0 Å². The van der Waals surface area contributed by atoms with Crippen LogP contribution in [0.4, 0.5) is 5.82 Å². The Kier molecular flexibility index (Phi) is 4.11. The van der Waals surface area contributed by atoms with Crippen molar-refractivity contribution in [1.29, 1.82) is 0 Å². The number of aryl methyl sites for hydroxylation is 1. The predicted octanol–water partition coefficient (Wildman–Crippen LogP) is 1.54. The van der Waals surface area contributed by atoms with E-state index in [4.69, 9.17) is 5.73 Å². The highest BCUT2D eigenvalue weighted by Gasteiger charge is 2.38. The van der Waals surface area contributed by atoms with Crippen LogP contribution >= 0.6 is 0 Å². The number of rotatable bonds is 3. The number of hydrogen-bond donors (Lipinski definition) is 1. The van der Waals surface area contributed by atoms with Gasteiger partial charge in [-0.1, -0.05) is 13.8 Å². The van der Waals surface area contributed by atoms with Gasteiger partial charge in [-0.3, -0.25) is 4.68 Å². The molecule has 2 rings (SSSR count). The van der Waals surface area contributed by atoms with Gasteiger partial charge in [0, 0.05) is 25.3 Å². The van der Waals surface area contributed by atoms with Gasteiger partial charge < -0.3 is 5.73 Å². The lowest BCUT2D eigenvalue weighted by atomic mass is 9.88. The molecule has 1 aliphatic rings. The number of anilines is 1. The van der Waals surface area contributed by atoms with Gasteiger partial charge in [-0.05, 0) is 32.1 Å². The van der Waals surface area contributed by atoms with Crippen molar-refractivity contribution in [3.05, 3.63) is 6.20 Å². The lowest BCUT2D eigenvalue weighted by molar-refractivity contribution is 0.157. The molecule has 0 radical (unpaired) electrons. The molecule has 1 aromatic heterocycles. The smallest absolute Gasteiger partial charge is 0.248 e. The number of nitrogens with two attached hydrogens (primary N) is 1. The van der Waals surface area contributed by atoms with E-state index in [1.165, 1.54) is 6.20 Å². The lowest BCUT2D eigenvalue weighted by Crippen LogP contribution is -2.48. The molecule has 0 aromatic carbocycles. The van der Waals surface area contributed by atoms with Crippen molar-refractivity contribution in [2.45, 2.75) is 51.6 Å². The van der Waals surface area contributed by atoms with Crippen LogP contribution in [0.3, 0.4) is 0 Å². The first-order valence-corrected chi connectivity index (χ1v) is 8.56. The van der Waals surface area contributed by atoms with Crippen LogP contribution in [0.1, 0.15) is 34.1 Å². The molecule has 0 aliphatic carbocycles. The summed E-state index contributed by atoms with van der Waals surface area (Å²) < 4.78 is 28.8. The third-order valence-electron chi connectivity index (χ3n) is 4.21. The largest absolute Gasteiger partial charge is 0.381 e. The first-order chi connectivity index (χ1) is 9.27. The zero-order chi connectivity index (χ0) is 15.1. The van der Waals surface area contributed by atoms with Crippen molar-refractivity contribution in [2.24, 2.45) is 11.8 Å². The lowest BCUT2D eigenvalue weighted by Gasteiger charge is -2.39. The highest BCUT2D eigenvalue weighted by atomic mass is 32.2. The number of hydrogen-bond acceptors (Lipinski definition) is 4. The summed E-state index contributed by atoms with van der Waals surface area (Å²) in [6.07, 6.45) is 2.58. The van der Waals surface area contributed by atoms with Gasteiger partial charge in [-0.2, -0.15) is 9.40 Å². The Labute approximate surface area is 121 Å². The van der Waals surface area contributed by atoms with Crippen LogP contribution in [0.15, 0.2) is 11.1 Å². The number of sulfonamides is 1. The second-order valence-corrected chi connectivity index (χ2v) is 7.73. The molecule has 2 heterocycles. The zero-order valence-corrected chi connectivity index (χ0v) is 13.4. The van der Waals surface area contributed by atoms with E-state index in [9.17, 15) is 8.42 Å². The van der Waals surface area contributed by atoms with Crippen molar-refractivity contribution in [1.82, 2.24) is 14.1 Å². The first-order valence-electron chi connectivity index (χ1n) is 7.12. The second kappa shape index (κ2) is 5.37. The van der Waals surface area contributed by atoms with Crippen molar-refractivity contribution in [3.63, 3.8) is 0 Å². The molecule has 0 spiro atoms. The molecule has 3 unspecified atom stereocenters. The molecular weight excluding hydrogens is 276 g/mol. The summed E-state index contributed by atoms with van der Waals surface area (Å²) in [5.74, 6) is 0.791. The van der Waals surface area contributed by atoms with E-state index in [0.29, 0.717) is 24.9 Å². The maximum Gasteiger partial charge on any atom is 0.248 e. The van der Waals surface area contributed by atoms with Crippen molar-refractivity contribution >= 4 is 15.8 Å².